The van der Waals surface area contributed by atoms with Gasteiger partial charge in [0.2, 0.25) is 0 Å². The molecule has 92 valence electrons. The number of aryl methyl sites for hydroxylation is 1. The van der Waals surface area contributed by atoms with E-state index < -0.39 is 0 Å². The van der Waals surface area contributed by atoms with Gasteiger partial charge in [-0.1, -0.05) is 43.2 Å². The van der Waals surface area contributed by atoms with Crippen molar-refractivity contribution >= 4 is 0 Å². The Morgan fingerprint density at radius 3 is 2.12 bits per heavy atom. The lowest BCUT2D eigenvalue weighted by Gasteiger charge is -2.41. The molecule has 0 amide bonds. The number of hydrogen-bond acceptors (Lipinski definition) is 0. The van der Waals surface area contributed by atoms with Crippen molar-refractivity contribution in [3.63, 3.8) is 0 Å². The zero-order valence-electron chi connectivity index (χ0n) is 11.3. The monoisotopic (exact) mass is 228 g/mol. The van der Waals surface area contributed by atoms with Gasteiger partial charge in [-0.15, -0.1) is 0 Å². The van der Waals surface area contributed by atoms with Gasteiger partial charge in [0.15, 0.2) is 0 Å². The molecule has 1 aromatic carbocycles. The Hall–Kier alpha value is -0.780. The molecule has 17 heavy (non-hydrogen) atoms. The van der Waals surface area contributed by atoms with Gasteiger partial charge < -0.3 is 0 Å². The third-order valence-corrected chi connectivity index (χ3v) is 5.51. The highest BCUT2D eigenvalue weighted by Crippen LogP contribution is 2.54. The normalized spacial score (nSPS) is 36.8. The molecule has 3 aliphatic rings. The maximum Gasteiger partial charge on any atom is -0.00466 e. The van der Waals surface area contributed by atoms with E-state index >= 15 is 0 Å². The molecule has 2 bridgehead atoms. The molecule has 3 saturated carbocycles. The lowest BCUT2D eigenvalue weighted by atomic mass is 9.63. The zero-order valence-corrected chi connectivity index (χ0v) is 11.3. The molecule has 0 atom stereocenters. The predicted octanol–water partition coefficient (Wildman–Crippen LogP) is 5.00. The first-order chi connectivity index (χ1) is 8.12. The first-order valence-electron chi connectivity index (χ1n) is 7.19. The van der Waals surface area contributed by atoms with Gasteiger partial charge in [0.25, 0.3) is 0 Å². The van der Waals surface area contributed by atoms with Crippen LogP contribution in [0.1, 0.15) is 63.0 Å². The van der Waals surface area contributed by atoms with Crippen molar-refractivity contribution in [3.05, 3.63) is 35.4 Å². The average molecular weight is 228 g/mol. The van der Waals surface area contributed by atoms with Crippen molar-refractivity contribution in [1.29, 1.82) is 0 Å². The van der Waals surface area contributed by atoms with Gasteiger partial charge in [0, 0.05) is 0 Å². The van der Waals surface area contributed by atoms with Crippen LogP contribution in [-0.2, 0) is 5.41 Å². The van der Waals surface area contributed by atoms with Gasteiger partial charge >= 0.3 is 0 Å². The molecule has 0 unspecified atom stereocenters. The molecule has 0 N–H and O–H groups in total. The average Bonchev–Trinajstić information content (AvgIpc) is 2.60. The van der Waals surface area contributed by atoms with Crippen LogP contribution in [0.15, 0.2) is 24.3 Å². The smallest absolute Gasteiger partial charge is 0.00466 e. The van der Waals surface area contributed by atoms with E-state index in [0.717, 1.165) is 0 Å². The van der Waals surface area contributed by atoms with E-state index in [-0.39, 0.29) is 0 Å². The minimum Gasteiger partial charge on any atom is -0.0596 e. The lowest BCUT2D eigenvalue weighted by molar-refractivity contribution is 0.171. The SMILES string of the molecule is Cc1ccc(C23CCCC(C)(CC2)CC3)cc1. The fraction of sp³-hybridized carbons (Fsp3) is 0.647. The summed E-state index contributed by atoms with van der Waals surface area (Å²) < 4.78 is 0. The fourth-order valence-corrected chi connectivity index (χ4v) is 4.03. The number of benzene rings is 1. The maximum atomic E-state index is 2.51. The Balaban J connectivity index is 1.93. The minimum atomic E-state index is 0.531. The number of hydrogen-bond donors (Lipinski definition) is 0. The van der Waals surface area contributed by atoms with Crippen LogP contribution in [0.3, 0.4) is 0 Å². The Kier molecular flexibility index (Phi) is 2.57. The molecule has 0 aromatic heterocycles. The van der Waals surface area contributed by atoms with E-state index in [1.54, 1.807) is 5.56 Å². The van der Waals surface area contributed by atoms with Crippen LogP contribution < -0.4 is 0 Å². The van der Waals surface area contributed by atoms with Gasteiger partial charge in [-0.05, 0) is 61.8 Å². The van der Waals surface area contributed by atoms with E-state index in [4.69, 9.17) is 0 Å². The second-order valence-corrected chi connectivity index (χ2v) is 6.81. The molecule has 0 spiro atoms. The van der Waals surface area contributed by atoms with E-state index in [2.05, 4.69) is 38.1 Å². The number of rotatable bonds is 1. The van der Waals surface area contributed by atoms with Crippen LogP contribution in [0.25, 0.3) is 0 Å². The lowest BCUT2D eigenvalue weighted by Crippen LogP contribution is -2.32. The largest absolute Gasteiger partial charge is 0.0596 e. The van der Waals surface area contributed by atoms with Gasteiger partial charge in [-0.25, -0.2) is 0 Å². The Morgan fingerprint density at radius 1 is 0.824 bits per heavy atom. The highest BCUT2D eigenvalue weighted by atomic mass is 14.5. The maximum absolute atomic E-state index is 2.51. The first-order valence-corrected chi connectivity index (χ1v) is 7.19. The first kappa shape index (κ1) is 11.3. The highest BCUT2D eigenvalue weighted by Gasteiger charge is 2.43. The third kappa shape index (κ3) is 1.92. The van der Waals surface area contributed by atoms with Crippen molar-refractivity contribution in [1.82, 2.24) is 0 Å². The Bertz CT molecular complexity index is 391. The third-order valence-electron chi connectivity index (χ3n) is 5.51. The second kappa shape index (κ2) is 3.86. The van der Waals surface area contributed by atoms with Crippen molar-refractivity contribution in [2.75, 3.05) is 0 Å². The van der Waals surface area contributed by atoms with Crippen molar-refractivity contribution in [2.45, 2.75) is 64.2 Å². The van der Waals surface area contributed by atoms with Crippen LogP contribution in [0.5, 0.6) is 0 Å². The van der Waals surface area contributed by atoms with E-state index in [0.29, 0.717) is 10.8 Å². The standard InChI is InChI=1S/C17H24/c1-14-4-6-15(7-5-14)17-9-3-8-16(2,10-12-17)11-13-17/h4-7H,3,8-13H2,1-2H3. The summed E-state index contributed by atoms with van der Waals surface area (Å²) in [5, 5.41) is 0. The summed E-state index contributed by atoms with van der Waals surface area (Å²) in [5.41, 5.74) is 4.21. The summed E-state index contributed by atoms with van der Waals surface area (Å²) in [4.78, 5) is 0. The molecule has 3 aliphatic carbocycles. The predicted molar refractivity (Wildman–Crippen MR) is 73.3 cm³/mol. The van der Waals surface area contributed by atoms with Crippen LogP contribution in [0, 0.1) is 12.3 Å². The summed E-state index contributed by atoms with van der Waals surface area (Å²) in [7, 11) is 0. The molecule has 0 aliphatic heterocycles. The molecular weight excluding hydrogens is 204 g/mol. The summed E-state index contributed by atoms with van der Waals surface area (Å²) in [6.45, 7) is 4.70. The molecule has 0 radical (unpaired) electrons. The Morgan fingerprint density at radius 2 is 1.47 bits per heavy atom. The van der Waals surface area contributed by atoms with Crippen LogP contribution >= 0.6 is 0 Å². The molecule has 0 nitrogen and oxygen atoms in total. The summed E-state index contributed by atoms with van der Waals surface area (Å²) >= 11 is 0. The van der Waals surface area contributed by atoms with Crippen LogP contribution in [0.4, 0.5) is 0 Å². The summed E-state index contributed by atoms with van der Waals surface area (Å²) in [5.74, 6) is 0. The van der Waals surface area contributed by atoms with Crippen molar-refractivity contribution < 1.29 is 0 Å². The molecule has 0 saturated heterocycles. The van der Waals surface area contributed by atoms with E-state index in [9.17, 15) is 0 Å². The summed E-state index contributed by atoms with van der Waals surface area (Å²) in [6, 6.07) is 9.37. The molecule has 4 rings (SSSR count). The highest BCUT2D eigenvalue weighted by molar-refractivity contribution is 5.30. The molecule has 0 heteroatoms. The van der Waals surface area contributed by atoms with E-state index in [1.807, 2.05) is 0 Å². The Labute approximate surface area is 105 Å². The van der Waals surface area contributed by atoms with Gasteiger partial charge in [-0.2, -0.15) is 0 Å². The quantitative estimate of drug-likeness (QED) is 0.634. The number of fused-ring (bicyclic) bond motifs is 4. The minimum absolute atomic E-state index is 0.531. The van der Waals surface area contributed by atoms with Crippen LogP contribution in [-0.4, -0.2) is 0 Å². The fourth-order valence-electron chi connectivity index (χ4n) is 4.03. The van der Waals surface area contributed by atoms with Gasteiger partial charge in [0.1, 0.15) is 0 Å². The molecule has 3 fully saturated rings. The summed E-state index contributed by atoms with van der Waals surface area (Å²) in [6.07, 6.45) is 10.1. The zero-order chi connectivity index (χ0) is 11.9. The topological polar surface area (TPSA) is 0 Å². The van der Waals surface area contributed by atoms with Crippen LogP contribution in [0.2, 0.25) is 0 Å². The van der Waals surface area contributed by atoms with Gasteiger partial charge in [-0.3, -0.25) is 0 Å². The molecular formula is C17H24. The second-order valence-electron chi connectivity index (χ2n) is 6.81. The van der Waals surface area contributed by atoms with Crippen molar-refractivity contribution in [2.24, 2.45) is 5.41 Å². The van der Waals surface area contributed by atoms with E-state index in [1.165, 1.54) is 50.5 Å². The molecule has 0 heterocycles. The molecule has 1 aromatic rings. The van der Waals surface area contributed by atoms with Gasteiger partial charge in [0.05, 0.1) is 0 Å². The van der Waals surface area contributed by atoms with Crippen molar-refractivity contribution in [3.8, 4) is 0 Å².